The average Bonchev–Trinajstić information content (AvgIpc) is 2.69. The molecule has 0 saturated heterocycles. The van der Waals surface area contributed by atoms with Crippen molar-refractivity contribution >= 4 is 15.6 Å². The summed E-state index contributed by atoms with van der Waals surface area (Å²) < 4.78 is 49.7. The fourth-order valence-corrected chi connectivity index (χ4v) is 3.72. The molecule has 1 unspecified atom stereocenters. The Morgan fingerprint density at radius 3 is 2.41 bits per heavy atom. The fourth-order valence-electron chi connectivity index (χ4n) is 1.93. The van der Waals surface area contributed by atoms with Gasteiger partial charge < -0.3 is 0 Å². The molecule has 1 aliphatic rings. The van der Waals surface area contributed by atoms with Crippen LogP contribution in [0.2, 0.25) is 0 Å². The van der Waals surface area contributed by atoms with Crippen LogP contribution in [0.15, 0.2) is 23.1 Å². The van der Waals surface area contributed by atoms with Gasteiger partial charge in [0.05, 0.1) is 4.90 Å². The van der Waals surface area contributed by atoms with Gasteiger partial charge in [-0.1, -0.05) is 0 Å². The maximum absolute atomic E-state index is 13.0. The summed E-state index contributed by atoms with van der Waals surface area (Å²) in [7, 11) is -3.88. The number of ketones is 1. The summed E-state index contributed by atoms with van der Waals surface area (Å²) in [5.74, 6) is -2.69. The SMILES string of the molecule is O=C1CCCC1S(=O)(=O)c1ccc(F)c(F)c1. The Morgan fingerprint density at radius 2 is 1.88 bits per heavy atom. The lowest BCUT2D eigenvalue weighted by Gasteiger charge is -2.10. The standard InChI is InChI=1S/C11H10F2O3S/c12-8-5-4-7(6-9(8)13)17(15,16)11-3-1-2-10(11)14/h4-6,11H,1-3H2. The maximum atomic E-state index is 13.0. The van der Waals surface area contributed by atoms with E-state index < -0.39 is 26.7 Å². The molecular formula is C11H10F2O3S. The van der Waals surface area contributed by atoms with Crippen LogP contribution in [0.5, 0.6) is 0 Å². The molecule has 1 atom stereocenters. The Kier molecular flexibility index (Phi) is 2.99. The van der Waals surface area contributed by atoms with Gasteiger partial charge in [-0.3, -0.25) is 4.79 Å². The highest BCUT2D eigenvalue weighted by Crippen LogP contribution is 2.27. The zero-order valence-electron chi connectivity index (χ0n) is 8.82. The Morgan fingerprint density at radius 1 is 1.18 bits per heavy atom. The molecule has 92 valence electrons. The fraction of sp³-hybridized carbons (Fsp3) is 0.364. The lowest BCUT2D eigenvalue weighted by atomic mass is 10.3. The van der Waals surface area contributed by atoms with Crippen LogP contribution in [0, 0.1) is 11.6 Å². The van der Waals surface area contributed by atoms with E-state index in [1.807, 2.05) is 0 Å². The second-order valence-corrected chi connectivity index (χ2v) is 6.10. The van der Waals surface area contributed by atoms with E-state index in [2.05, 4.69) is 0 Å². The highest BCUT2D eigenvalue weighted by Gasteiger charge is 2.37. The van der Waals surface area contributed by atoms with Crippen LogP contribution >= 0.6 is 0 Å². The molecule has 0 bridgehead atoms. The summed E-state index contributed by atoms with van der Waals surface area (Å²) >= 11 is 0. The van der Waals surface area contributed by atoms with E-state index in [0.29, 0.717) is 12.5 Å². The number of rotatable bonds is 2. The van der Waals surface area contributed by atoms with Crippen LogP contribution in [-0.4, -0.2) is 19.5 Å². The van der Waals surface area contributed by atoms with Gasteiger partial charge in [0, 0.05) is 6.42 Å². The summed E-state index contributed by atoms with van der Waals surface area (Å²) in [5, 5.41) is -1.10. The highest BCUT2D eigenvalue weighted by molar-refractivity contribution is 7.92. The smallest absolute Gasteiger partial charge is 0.188 e. The van der Waals surface area contributed by atoms with Crippen LogP contribution in [-0.2, 0) is 14.6 Å². The number of benzene rings is 1. The molecule has 1 fully saturated rings. The molecule has 0 heterocycles. The second-order valence-electron chi connectivity index (χ2n) is 3.97. The predicted octanol–water partition coefficient (Wildman–Crippen LogP) is 1.86. The minimum Gasteiger partial charge on any atom is -0.298 e. The van der Waals surface area contributed by atoms with Crippen molar-refractivity contribution in [3.8, 4) is 0 Å². The van der Waals surface area contributed by atoms with Crippen molar-refractivity contribution in [3.63, 3.8) is 0 Å². The van der Waals surface area contributed by atoms with Gasteiger partial charge in [-0.15, -0.1) is 0 Å². The normalized spacial score (nSPS) is 20.8. The Labute approximate surface area is 97.4 Å². The molecule has 0 radical (unpaired) electrons. The Balaban J connectivity index is 2.44. The zero-order valence-corrected chi connectivity index (χ0v) is 9.64. The molecule has 1 aliphatic carbocycles. The zero-order chi connectivity index (χ0) is 12.6. The van der Waals surface area contributed by atoms with Crippen LogP contribution < -0.4 is 0 Å². The van der Waals surface area contributed by atoms with Gasteiger partial charge in [-0.2, -0.15) is 0 Å². The lowest BCUT2D eigenvalue weighted by molar-refractivity contribution is -0.117. The van der Waals surface area contributed by atoms with E-state index in [4.69, 9.17) is 0 Å². The molecule has 0 N–H and O–H groups in total. The van der Waals surface area contributed by atoms with Gasteiger partial charge in [0.2, 0.25) is 0 Å². The van der Waals surface area contributed by atoms with Gasteiger partial charge in [-0.05, 0) is 31.0 Å². The summed E-state index contributed by atoms with van der Waals surface area (Å²) in [6.07, 6.45) is 1.00. The molecule has 0 spiro atoms. The summed E-state index contributed by atoms with van der Waals surface area (Å²) in [4.78, 5) is 11.1. The number of hydrogen-bond acceptors (Lipinski definition) is 3. The third-order valence-electron chi connectivity index (χ3n) is 2.84. The van der Waals surface area contributed by atoms with Gasteiger partial charge in [0.1, 0.15) is 5.25 Å². The van der Waals surface area contributed by atoms with Crippen molar-refractivity contribution in [2.75, 3.05) is 0 Å². The van der Waals surface area contributed by atoms with Crippen LogP contribution in [0.3, 0.4) is 0 Å². The molecule has 17 heavy (non-hydrogen) atoms. The van der Waals surface area contributed by atoms with E-state index in [0.717, 1.165) is 12.1 Å². The molecule has 1 saturated carbocycles. The summed E-state index contributed by atoms with van der Waals surface area (Å²) in [6, 6.07) is 2.36. The molecule has 0 amide bonds. The predicted molar refractivity (Wildman–Crippen MR) is 56.2 cm³/mol. The average molecular weight is 260 g/mol. The number of hydrogen-bond donors (Lipinski definition) is 0. The third-order valence-corrected chi connectivity index (χ3v) is 5.00. The molecule has 1 aromatic carbocycles. The minimum atomic E-state index is -3.88. The summed E-state index contributed by atoms with van der Waals surface area (Å²) in [5.41, 5.74) is 0. The van der Waals surface area contributed by atoms with Crippen LogP contribution in [0.1, 0.15) is 19.3 Å². The van der Waals surface area contributed by atoms with Crippen LogP contribution in [0.25, 0.3) is 0 Å². The first kappa shape index (κ1) is 12.2. The molecule has 2 rings (SSSR count). The maximum Gasteiger partial charge on any atom is 0.188 e. The molecule has 3 nitrogen and oxygen atoms in total. The van der Waals surface area contributed by atoms with E-state index in [-0.39, 0.29) is 23.5 Å². The monoisotopic (exact) mass is 260 g/mol. The van der Waals surface area contributed by atoms with Crippen molar-refractivity contribution < 1.29 is 22.0 Å². The van der Waals surface area contributed by atoms with E-state index >= 15 is 0 Å². The molecule has 1 aromatic rings. The second kappa shape index (κ2) is 4.18. The van der Waals surface area contributed by atoms with Gasteiger partial charge in [0.15, 0.2) is 27.3 Å². The van der Waals surface area contributed by atoms with Gasteiger partial charge in [0.25, 0.3) is 0 Å². The molecular weight excluding hydrogens is 250 g/mol. The number of Topliss-reactive ketones (excluding diaryl/α,β-unsaturated/α-hetero) is 1. The van der Waals surface area contributed by atoms with E-state index in [1.54, 1.807) is 0 Å². The van der Waals surface area contributed by atoms with Crippen molar-refractivity contribution in [2.24, 2.45) is 0 Å². The van der Waals surface area contributed by atoms with E-state index in [1.165, 1.54) is 0 Å². The minimum absolute atomic E-state index is 0.230. The quantitative estimate of drug-likeness (QED) is 0.763. The number of carbonyl (C=O) groups is 1. The first-order chi connectivity index (χ1) is 7.93. The first-order valence-electron chi connectivity index (χ1n) is 5.14. The lowest BCUT2D eigenvalue weighted by Crippen LogP contribution is -2.25. The largest absolute Gasteiger partial charge is 0.298 e. The van der Waals surface area contributed by atoms with Crippen molar-refractivity contribution in [1.82, 2.24) is 0 Å². The Hall–Kier alpha value is -1.30. The topological polar surface area (TPSA) is 51.2 Å². The van der Waals surface area contributed by atoms with E-state index in [9.17, 15) is 22.0 Å². The number of halogens is 2. The van der Waals surface area contributed by atoms with Crippen molar-refractivity contribution in [3.05, 3.63) is 29.8 Å². The number of carbonyl (C=O) groups excluding carboxylic acids is 1. The molecule has 0 aromatic heterocycles. The van der Waals surface area contributed by atoms with Gasteiger partial charge in [-0.25, -0.2) is 17.2 Å². The molecule has 0 aliphatic heterocycles. The van der Waals surface area contributed by atoms with Gasteiger partial charge >= 0.3 is 0 Å². The third kappa shape index (κ3) is 2.09. The first-order valence-corrected chi connectivity index (χ1v) is 6.69. The summed E-state index contributed by atoms with van der Waals surface area (Å²) in [6.45, 7) is 0. The molecule has 6 heteroatoms. The number of sulfone groups is 1. The highest BCUT2D eigenvalue weighted by atomic mass is 32.2. The Bertz CT molecular complexity index is 566. The van der Waals surface area contributed by atoms with Crippen molar-refractivity contribution in [1.29, 1.82) is 0 Å². The van der Waals surface area contributed by atoms with Crippen molar-refractivity contribution in [2.45, 2.75) is 29.4 Å². The van der Waals surface area contributed by atoms with Crippen LogP contribution in [0.4, 0.5) is 8.78 Å².